The van der Waals surface area contributed by atoms with Crippen LogP contribution in [0.4, 0.5) is 4.39 Å². The molecule has 1 saturated carbocycles. The lowest BCUT2D eigenvalue weighted by Crippen LogP contribution is -2.30. The Morgan fingerprint density at radius 1 is 1.13 bits per heavy atom. The van der Waals surface area contributed by atoms with Crippen LogP contribution in [0.3, 0.4) is 0 Å². The van der Waals surface area contributed by atoms with Gasteiger partial charge in [-0.05, 0) is 81.9 Å². The summed E-state index contributed by atoms with van der Waals surface area (Å²) in [7, 11) is 0. The lowest BCUT2D eigenvalue weighted by atomic mass is 9.92. The van der Waals surface area contributed by atoms with E-state index in [2.05, 4.69) is 24.3 Å². The number of unbranched alkanes of at least 4 members (excludes halogenated alkanes) is 1. The number of esters is 1. The lowest BCUT2D eigenvalue weighted by molar-refractivity contribution is -0.193. The van der Waals surface area contributed by atoms with Crippen LogP contribution in [0.1, 0.15) is 82.8 Å². The molecule has 4 atom stereocenters. The van der Waals surface area contributed by atoms with E-state index in [-0.39, 0.29) is 48.5 Å². The molecule has 0 bridgehead atoms. The quantitative estimate of drug-likeness (QED) is 0.174. The molecule has 4 rings (SSSR count). The Kier molecular flexibility index (Phi) is 10.7. The van der Waals surface area contributed by atoms with Crippen molar-refractivity contribution in [1.82, 2.24) is 0 Å². The molecule has 1 heterocycles. The molecule has 1 aliphatic heterocycles. The summed E-state index contributed by atoms with van der Waals surface area (Å²) in [5, 5.41) is 0. The molecular formula is C32H43FO5. The lowest BCUT2D eigenvalue weighted by Gasteiger charge is -2.28. The summed E-state index contributed by atoms with van der Waals surface area (Å²) in [6.45, 7) is 4.38. The average molecular weight is 527 g/mol. The van der Waals surface area contributed by atoms with E-state index in [9.17, 15) is 9.59 Å². The molecule has 2 fully saturated rings. The van der Waals surface area contributed by atoms with Crippen molar-refractivity contribution in [2.45, 2.75) is 109 Å². The Hall–Kier alpha value is -2.31. The molecule has 0 spiro atoms. The van der Waals surface area contributed by atoms with Gasteiger partial charge in [0.2, 0.25) is 0 Å². The largest absolute Gasteiger partial charge is 0.463 e. The second kappa shape index (κ2) is 14.2. The summed E-state index contributed by atoms with van der Waals surface area (Å²) in [5.74, 6) is -0.132. The number of carbonyl (C=O) groups is 2. The number of Topliss-reactive ketones (excluding diaryl/α,β-unsaturated/α-hetero) is 1. The van der Waals surface area contributed by atoms with Gasteiger partial charge in [0.1, 0.15) is 12.0 Å². The topological polar surface area (TPSA) is 61.8 Å². The van der Waals surface area contributed by atoms with E-state index < -0.39 is 6.17 Å². The molecule has 0 N–H and O–H groups in total. The van der Waals surface area contributed by atoms with E-state index in [1.54, 1.807) is 0 Å². The highest BCUT2D eigenvalue weighted by Crippen LogP contribution is 2.40. The highest BCUT2D eigenvalue weighted by molar-refractivity contribution is 5.84. The molecule has 208 valence electrons. The molecule has 1 aromatic rings. The van der Waals surface area contributed by atoms with E-state index in [1.807, 2.05) is 32.1 Å². The second-order valence-electron chi connectivity index (χ2n) is 11.2. The molecule has 2 aliphatic carbocycles. The summed E-state index contributed by atoms with van der Waals surface area (Å²) in [6, 6.07) is 8.23. The monoisotopic (exact) mass is 526 g/mol. The molecule has 38 heavy (non-hydrogen) atoms. The molecule has 1 unspecified atom stereocenters. The highest BCUT2D eigenvalue weighted by atomic mass is 19.1. The molecule has 1 aromatic carbocycles. The van der Waals surface area contributed by atoms with Crippen LogP contribution in [0.15, 0.2) is 48.1 Å². The summed E-state index contributed by atoms with van der Waals surface area (Å²) < 4.78 is 32.6. The number of allylic oxidation sites excluding steroid dienone is 3. The van der Waals surface area contributed by atoms with Crippen molar-refractivity contribution in [2.75, 3.05) is 6.61 Å². The first kappa shape index (κ1) is 28.7. The fraction of sp³-hybridized carbons (Fsp3) is 0.625. The third-order valence-corrected chi connectivity index (χ3v) is 7.86. The molecule has 6 heteroatoms. The number of hydrogen-bond donors (Lipinski definition) is 0. The van der Waals surface area contributed by atoms with Crippen molar-refractivity contribution in [3.05, 3.63) is 59.2 Å². The maximum atomic E-state index is 15.3. The van der Waals surface area contributed by atoms with Gasteiger partial charge in [0, 0.05) is 37.7 Å². The van der Waals surface area contributed by atoms with Crippen LogP contribution in [0.25, 0.3) is 0 Å². The van der Waals surface area contributed by atoms with E-state index >= 15 is 4.39 Å². The Labute approximate surface area is 226 Å². The number of rotatable bonds is 12. The van der Waals surface area contributed by atoms with Gasteiger partial charge < -0.3 is 14.2 Å². The highest BCUT2D eigenvalue weighted by Gasteiger charge is 2.40. The summed E-state index contributed by atoms with van der Waals surface area (Å²) in [4.78, 5) is 24.8. The van der Waals surface area contributed by atoms with E-state index in [0.29, 0.717) is 31.4 Å². The molecule has 0 amide bonds. The standard InChI is InChI=1S/C32H43FO5/c1-22(2)37-31(35)14-6-4-3-5-13-27-26(28(33)21-30(27)38-32-15-9-10-18-36-32)16-17-29(34)25-19-23-11-7-8-12-24(23)20-25/h3,5,7-8,11-12,16,22,25,27-28,30,32H,4,6,9-10,13-15,17-21H2,1-2H3/t27-,28+,30+,32?/m1/s1. The maximum absolute atomic E-state index is 15.3. The van der Waals surface area contributed by atoms with Crippen LogP contribution >= 0.6 is 0 Å². The smallest absolute Gasteiger partial charge is 0.306 e. The predicted octanol–water partition coefficient (Wildman–Crippen LogP) is 6.63. The Bertz CT molecular complexity index is 968. The number of carbonyl (C=O) groups excluding carboxylic acids is 2. The molecule has 1 saturated heterocycles. The molecule has 0 radical (unpaired) electrons. The number of halogens is 1. The van der Waals surface area contributed by atoms with Crippen LogP contribution in [0.5, 0.6) is 0 Å². The number of ether oxygens (including phenoxy) is 3. The Morgan fingerprint density at radius 3 is 2.58 bits per heavy atom. The molecule has 3 aliphatic rings. The third kappa shape index (κ3) is 8.09. The van der Waals surface area contributed by atoms with Crippen LogP contribution in [-0.4, -0.2) is 43.0 Å². The van der Waals surface area contributed by atoms with Gasteiger partial charge in [-0.25, -0.2) is 4.39 Å². The summed E-state index contributed by atoms with van der Waals surface area (Å²) >= 11 is 0. The van der Waals surface area contributed by atoms with Crippen LogP contribution in [0.2, 0.25) is 0 Å². The Morgan fingerprint density at radius 2 is 1.89 bits per heavy atom. The van der Waals surface area contributed by atoms with Crippen molar-refractivity contribution in [3.8, 4) is 0 Å². The third-order valence-electron chi connectivity index (χ3n) is 7.86. The van der Waals surface area contributed by atoms with Crippen molar-refractivity contribution < 1.29 is 28.2 Å². The number of hydrogen-bond acceptors (Lipinski definition) is 5. The zero-order valence-electron chi connectivity index (χ0n) is 22.9. The van der Waals surface area contributed by atoms with E-state index in [4.69, 9.17) is 14.2 Å². The van der Waals surface area contributed by atoms with Crippen LogP contribution in [-0.2, 0) is 36.6 Å². The minimum atomic E-state index is -1.11. The predicted molar refractivity (Wildman–Crippen MR) is 145 cm³/mol. The van der Waals surface area contributed by atoms with Gasteiger partial charge in [-0.2, -0.15) is 0 Å². The van der Waals surface area contributed by atoms with Gasteiger partial charge in [0.15, 0.2) is 6.29 Å². The number of fused-ring (bicyclic) bond motifs is 1. The van der Waals surface area contributed by atoms with Gasteiger partial charge in [-0.15, -0.1) is 0 Å². The average Bonchev–Trinajstić information content (AvgIpc) is 3.45. The summed E-state index contributed by atoms with van der Waals surface area (Å²) in [5.41, 5.74) is 3.20. The number of ketones is 1. The first-order chi connectivity index (χ1) is 18.4. The zero-order chi connectivity index (χ0) is 26.9. The minimum absolute atomic E-state index is 0.0212. The first-order valence-corrected chi connectivity index (χ1v) is 14.5. The zero-order valence-corrected chi connectivity index (χ0v) is 22.9. The normalized spacial score (nSPS) is 26.9. The number of alkyl halides is 1. The van der Waals surface area contributed by atoms with E-state index in [0.717, 1.165) is 44.9 Å². The fourth-order valence-electron chi connectivity index (χ4n) is 5.90. The molecular weight excluding hydrogens is 483 g/mol. The fourth-order valence-corrected chi connectivity index (χ4v) is 5.90. The SMILES string of the molecule is CC(C)OC(=O)CCCC=CC[C@@H]1C(=CCC(=O)C2Cc3ccccc3C2)[C@@H](F)C[C@@H]1OC1CCCCO1. The van der Waals surface area contributed by atoms with Gasteiger partial charge in [0.25, 0.3) is 0 Å². The van der Waals surface area contributed by atoms with Gasteiger partial charge in [-0.1, -0.05) is 42.5 Å². The van der Waals surface area contributed by atoms with Crippen LogP contribution < -0.4 is 0 Å². The molecule has 5 nitrogen and oxygen atoms in total. The molecule has 0 aromatic heterocycles. The van der Waals surface area contributed by atoms with Gasteiger partial charge in [-0.3, -0.25) is 9.59 Å². The van der Waals surface area contributed by atoms with Gasteiger partial charge >= 0.3 is 5.97 Å². The summed E-state index contributed by atoms with van der Waals surface area (Å²) in [6.07, 6.45) is 11.8. The maximum Gasteiger partial charge on any atom is 0.306 e. The van der Waals surface area contributed by atoms with Crippen LogP contribution in [0, 0.1) is 11.8 Å². The Balaban J connectivity index is 1.35. The second-order valence-corrected chi connectivity index (χ2v) is 11.2. The van der Waals surface area contributed by atoms with Crippen molar-refractivity contribution >= 4 is 11.8 Å². The van der Waals surface area contributed by atoms with Crippen molar-refractivity contribution in [1.29, 1.82) is 0 Å². The van der Waals surface area contributed by atoms with E-state index in [1.165, 1.54) is 11.1 Å². The minimum Gasteiger partial charge on any atom is -0.463 e. The van der Waals surface area contributed by atoms with Gasteiger partial charge in [0.05, 0.1) is 12.2 Å². The van der Waals surface area contributed by atoms with Crippen molar-refractivity contribution in [2.24, 2.45) is 11.8 Å². The van der Waals surface area contributed by atoms with Crippen molar-refractivity contribution in [3.63, 3.8) is 0 Å². The number of benzene rings is 1. The first-order valence-electron chi connectivity index (χ1n) is 14.5.